The van der Waals surface area contributed by atoms with Crippen molar-refractivity contribution in [2.75, 3.05) is 39.6 Å². The zero-order valence-corrected chi connectivity index (χ0v) is 56.4. The lowest BCUT2D eigenvalue weighted by Crippen LogP contribution is -2.30. The lowest BCUT2D eigenvalue weighted by molar-refractivity contribution is -0.161. The van der Waals surface area contributed by atoms with Gasteiger partial charge in [-0.05, 0) is 25.7 Å². The highest BCUT2D eigenvalue weighted by molar-refractivity contribution is 7.47. The van der Waals surface area contributed by atoms with Crippen LogP contribution in [0.4, 0.5) is 0 Å². The molecule has 0 amide bonds. The number of hydrogen-bond donors (Lipinski definition) is 3. The predicted molar refractivity (Wildman–Crippen MR) is 340 cm³/mol. The lowest BCUT2D eigenvalue weighted by Gasteiger charge is -2.21. The van der Waals surface area contributed by atoms with E-state index in [0.29, 0.717) is 25.7 Å². The van der Waals surface area contributed by atoms with Crippen LogP contribution in [0.2, 0.25) is 0 Å². The van der Waals surface area contributed by atoms with Gasteiger partial charge in [0.15, 0.2) is 12.2 Å². The first-order valence-electron chi connectivity index (χ1n) is 34.8. The molecule has 0 aliphatic rings. The molecule has 85 heavy (non-hydrogen) atoms. The lowest BCUT2D eigenvalue weighted by atomic mass is 10.0. The maximum absolute atomic E-state index is 13.0. The van der Waals surface area contributed by atoms with E-state index in [2.05, 4.69) is 27.7 Å². The summed E-state index contributed by atoms with van der Waals surface area (Å²) < 4.78 is 68.0. The number of aliphatic hydroxyl groups excluding tert-OH is 1. The Hall–Kier alpha value is -1.94. The van der Waals surface area contributed by atoms with Crippen molar-refractivity contribution in [1.82, 2.24) is 0 Å². The van der Waals surface area contributed by atoms with Crippen LogP contribution in [0, 0.1) is 0 Å². The van der Waals surface area contributed by atoms with E-state index in [1.165, 1.54) is 161 Å². The Labute approximate surface area is 517 Å². The van der Waals surface area contributed by atoms with E-state index in [-0.39, 0.29) is 25.7 Å². The van der Waals surface area contributed by atoms with Crippen molar-refractivity contribution >= 4 is 39.5 Å². The number of carbonyl (C=O) groups excluding carboxylic acids is 4. The number of aliphatic hydroxyl groups is 1. The Morgan fingerprint density at radius 1 is 0.282 bits per heavy atom. The van der Waals surface area contributed by atoms with Crippen LogP contribution in [0.3, 0.4) is 0 Å². The van der Waals surface area contributed by atoms with Gasteiger partial charge in [0.2, 0.25) is 0 Å². The van der Waals surface area contributed by atoms with E-state index in [4.69, 9.17) is 37.0 Å². The monoisotopic (exact) mass is 1250 g/mol. The molecule has 0 aromatic rings. The van der Waals surface area contributed by atoms with Crippen molar-refractivity contribution in [3.63, 3.8) is 0 Å². The highest BCUT2D eigenvalue weighted by Gasteiger charge is 2.30. The van der Waals surface area contributed by atoms with Crippen molar-refractivity contribution in [3.8, 4) is 0 Å². The summed E-state index contributed by atoms with van der Waals surface area (Å²) in [6, 6.07) is 0. The van der Waals surface area contributed by atoms with Gasteiger partial charge in [0, 0.05) is 25.7 Å². The van der Waals surface area contributed by atoms with Gasteiger partial charge >= 0.3 is 39.5 Å². The Kier molecular flexibility index (Phi) is 59.6. The van der Waals surface area contributed by atoms with E-state index >= 15 is 0 Å². The Morgan fingerprint density at radius 3 is 0.694 bits per heavy atom. The zero-order valence-electron chi connectivity index (χ0n) is 54.6. The van der Waals surface area contributed by atoms with Gasteiger partial charge in [-0.1, -0.05) is 291 Å². The summed E-state index contributed by atoms with van der Waals surface area (Å²) in [6.07, 6.45) is 47.2. The molecule has 0 aromatic carbocycles. The molecule has 0 fully saturated rings. The summed E-state index contributed by atoms with van der Waals surface area (Å²) in [5.74, 6) is -2.13. The average Bonchev–Trinajstić information content (AvgIpc) is 3.48. The van der Waals surface area contributed by atoms with Crippen molar-refractivity contribution in [2.45, 2.75) is 361 Å². The van der Waals surface area contributed by atoms with Crippen molar-refractivity contribution in [2.24, 2.45) is 0 Å². The maximum atomic E-state index is 13.0. The molecule has 17 nitrogen and oxygen atoms in total. The second-order valence-electron chi connectivity index (χ2n) is 23.9. The first-order valence-corrected chi connectivity index (χ1v) is 37.8. The highest BCUT2D eigenvalue weighted by Crippen LogP contribution is 2.45. The van der Waals surface area contributed by atoms with Gasteiger partial charge in [-0.25, -0.2) is 9.13 Å². The van der Waals surface area contributed by atoms with Crippen LogP contribution in [0.5, 0.6) is 0 Å². The molecule has 19 heteroatoms. The topological polar surface area (TPSA) is 237 Å². The van der Waals surface area contributed by atoms with Crippen LogP contribution in [0.25, 0.3) is 0 Å². The first-order chi connectivity index (χ1) is 41.2. The van der Waals surface area contributed by atoms with Gasteiger partial charge in [0.05, 0.1) is 26.4 Å². The van der Waals surface area contributed by atoms with Gasteiger partial charge in [-0.15, -0.1) is 0 Å². The summed E-state index contributed by atoms with van der Waals surface area (Å²) in [7, 11) is -9.88. The molecule has 0 aromatic heterocycles. The van der Waals surface area contributed by atoms with Gasteiger partial charge in [0.25, 0.3) is 0 Å². The van der Waals surface area contributed by atoms with Gasteiger partial charge in [0.1, 0.15) is 19.3 Å². The smallest absolute Gasteiger partial charge is 0.462 e. The van der Waals surface area contributed by atoms with Crippen LogP contribution >= 0.6 is 15.6 Å². The largest absolute Gasteiger partial charge is 0.472 e. The molecular weight excluding hydrogens is 1130 g/mol. The number of unbranched alkanes of at least 4 members (excludes halogenated alkanes) is 41. The molecule has 5 atom stereocenters. The third-order valence-electron chi connectivity index (χ3n) is 15.4. The van der Waals surface area contributed by atoms with Gasteiger partial charge in [-0.2, -0.15) is 0 Å². The molecule has 0 spiro atoms. The second kappa shape index (κ2) is 60.9. The molecule has 0 aliphatic carbocycles. The molecule has 2 unspecified atom stereocenters. The quantitative estimate of drug-likeness (QED) is 0.0222. The fourth-order valence-corrected chi connectivity index (χ4v) is 11.6. The molecule has 0 heterocycles. The fourth-order valence-electron chi connectivity index (χ4n) is 9.99. The first kappa shape index (κ1) is 83.1. The average molecular weight is 1260 g/mol. The predicted octanol–water partition coefficient (Wildman–Crippen LogP) is 18.7. The van der Waals surface area contributed by atoms with E-state index in [1.54, 1.807) is 0 Å². The summed E-state index contributed by atoms with van der Waals surface area (Å²) >= 11 is 0. The number of rotatable bonds is 67. The molecular formula is C66H128O17P2. The number of ether oxygens (including phenoxy) is 4. The summed E-state index contributed by atoms with van der Waals surface area (Å²) in [5.41, 5.74) is 0. The number of hydrogen-bond acceptors (Lipinski definition) is 15. The highest BCUT2D eigenvalue weighted by atomic mass is 31.2. The number of phosphoric acid groups is 2. The minimum atomic E-state index is -4.94. The van der Waals surface area contributed by atoms with E-state index in [0.717, 1.165) is 103 Å². The molecule has 504 valence electrons. The summed E-state index contributed by atoms with van der Waals surface area (Å²) in [4.78, 5) is 72.2. The molecule has 0 aliphatic heterocycles. The SMILES string of the molecule is CCCCCCCCCCCCCCCCCCC(=O)O[C@H](COC(=O)CCCCCCCCCCCCCC)COP(=O)(O)OC[C@@H](O)COP(=O)(O)OC[C@@H](COC(=O)CCCCCCCCC)OC(=O)CCCCCCCCCCCC. The molecule has 3 N–H and O–H groups in total. The minimum Gasteiger partial charge on any atom is -0.462 e. The molecule has 0 radical (unpaired) electrons. The van der Waals surface area contributed by atoms with Crippen molar-refractivity contribution in [3.05, 3.63) is 0 Å². The number of esters is 4. The Balaban J connectivity index is 5.19. The third kappa shape index (κ3) is 60.7. The normalized spacial score (nSPS) is 14.1. The van der Waals surface area contributed by atoms with Crippen molar-refractivity contribution < 1.29 is 80.2 Å². The number of phosphoric ester groups is 2. The van der Waals surface area contributed by atoms with Crippen LogP contribution in [-0.4, -0.2) is 96.7 Å². The standard InChI is InChI=1S/C66H128O17P2/c1-5-9-13-17-21-24-27-29-30-31-32-34-37-41-45-49-53-66(71)83-62(57-77-64(69)51-47-43-39-36-33-28-25-22-18-14-10-6-2)59-81-85(74,75)79-55-60(67)54-78-84(72,73)80-58-61(56-76-63(68)50-46-42-38-20-16-12-8-4)82-65(70)52-48-44-40-35-26-23-19-15-11-7-3/h60-62,67H,5-59H2,1-4H3,(H,72,73)(H,74,75)/t60-,61+,62+/m0/s1. The van der Waals surface area contributed by atoms with Gasteiger partial charge in [-0.3, -0.25) is 37.3 Å². The maximum Gasteiger partial charge on any atom is 0.472 e. The van der Waals surface area contributed by atoms with E-state index in [9.17, 15) is 43.2 Å². The summed E-state index contributed by atoms with van der Waals surface area (Å²) in [5, 5.41) is 10.5. The second-order valence-corrected chi connectivity index (χ2v) is 26.8. The van der Waals surface area contributed by atoms with E-state index in [1.807, 2.05) is 0 Å². The van der Waals surface area contributed by atoms with Crippen LogP contribution in [0.15, 0.2) is 0 Å². The number of carbonyl (C=O) groups is 4. The Morgan fingerprint density at radius 2 is 0.471 bits per heavy atom. The zero-order chi connectivity index (χ0) is 62.6. The van der Waals surface area contributed by atoms with E-state index < -0.39 is 97.5 Å². The molecule has 0 bridgehead atoms. The van der Waals surface area contributed by atoms with Crippen LogP contribution < -0.4 is 0 Å². The van der Waals surface area contributed by atoms with Crippen molar-refractivity contribution in [1.29, 1.82) is 0 Å². The fraction of sp³-hybridized carbons (Fsp3) is 0.939. The Bertz CT molecular complexity index is 1640. The molecule has 0 rings (SSSR count). The summed E-state index contributed by atoms with van der Waals surface area (Å²) in [6.45, 7) is 4.87. The molecule has 0 saturated heterocycles. The third-order valence-corrected chi connectivity index (χ3v) is 17.3. The van der Waals surface area contributed by atoms with Gasteiger partial charge < -0.3 is 33.8 Å². The molecule has 0 saturated carbocycles. The minimum absolute atomic E-state index is 0.106. The van der Waals surface area contributed by atoms with Crippen LogP contribution in [-0.2, 0) is 65.4 Å². The van der Waals surface area contributed by atoms with Crippen LogP contribution in [0.1, 0.15) is 342 Å².